The Balaban J connectivity index is 3.40. The summed E-state index contributed by atoms with van der Waals surface area (Å²) in [6.45, 7) is 1.46. The van der Waals surface area contributed by atoms with Gasteiger partial charge in [-0.15, -0.1) is 0 Å². The molecule has 0 aliphatic heterocycles. The SMILES string of the molecule is COc1c(F)cc(N)c(C)c1F. The molecule has 0 heterocycles. The highest BCUT2D eigenvalue weighted by Crippen LogP contribution is 2.27. The maximum Gasteiger partial charge on any atom is 0.190 e. The van der Waals surface area contributed by atoms with Crippen LogP contribution < -0.4 is 10.5 Å². The summed E-state index contributed by atoms with van der Waals surface area (Å²) in [7, 11) is 1.21. The van der Waals surface area contributed by atoms with Crippen molar-refractivity contribution < 1.29 is 13.5 Å². The Morgan fingerprint density at radius 3 is 2.50 bits per heavy atom. The Bertz CT molecular complexity index is 312. The number of benzene rings is 1. The van der Waals surface area contributed by atoms with Gasteiger partial charge < -0.3 is 10.5 Å². The van der Waals surface area contributed by atoms with Crippen molar-refractivity contribution in [3.8, 4) is 5.75 Å². The average Bonchev–Trinajstić information content (AvgIpc) is 2.01. The molecule has 0 aliphatic rings. The van der Waals surface area contributed by atoms with Crippen LogP contribution in [-0.4, -0.2) is 7.11 Å². The number of anilines is 1. The number of nitrogen functional groups attached to an aromatic ring is 1. The number of hydrogen-bond donors (Lipinski definition) is 1. The van der Waals surface area contributed by atoms with Crippen molar-refractivity contribution in [1.82, 2.24) is 0 Å². The summed E-state index contributed by atoms with van der Waals surface area (Å²) in [5.41, 5.74) is 5.60. The van der Waals surface area contributed by atoms with Crippen molar-refractivity contribution in [2.45, 2.75) is 6.92 Å². The lowest BCUT2D eigenvalue weighted by atomic mass is 10.2. The smallest absolute Gasteiger partial charge is 0.190 e. The molecule has 4 heteroatoms. The topological polar surface area (TPSA) is 35.2 Å². The number of rotatable bonds is 1. The van der Waals surface area contributed by atoms with Crippen LogP contribution in [0.2, 0.25) is 0 Å². The predicted molar refractivity (Wildman–Crippen MR) is 42.1 cm³/mol. The fraction of sp³-hybridized carbons (Fsp3) is 0.250. The molecule has 0 radical (unpaired) electrons. The summed E-state index contributed by atoms with van der Waals surface area (Å²) < 4.78 is 30.4. The first-order valence-corrected chi connectivity index (χ1v) is 3.36. The van der Waals surface area contributed by atoms with Gasteiger partial charge in [0.25, 0.3) is 0 Å². The molecule has 0 aliphatic carbocycles. The zero-order chi connectivity index (χ0) is 9.30. The highest BCUT2D eigenvalue weighted by Gasteiger charge is 2.14. The minimum absolute atomic E-state index is 0.0887. The molecule has 66 valence electrons. The van der Waals surface area contributed by atoms with E-state index in [0.29, 0.717) is 0 Å². The molecule has 0 aromatic heterocycles. The van der Waals surface area contributed by atoms with E-state index in [2.05, 4.69) is 4.74 Å². The third kappa shape index (κ3) is 1.20. The van der Waals surface area contributed by atoms with Crippen LogP contribution in [-0.2, 0) is 0 Å². The molecule has 0 fully saturated rings. The maximum atomic E-state index is 13.1. The zero-order valence-electron chi connectivity index (χ0n) is 6.82. The van der Waals surface area contributed by atoms with Crippen molar-refractivity contribution >= 4 is 5.69 Å². The van der Waals surface area contributed by atoms with Crippen molar-refractivity contribution in [2.75, 3.05) is 12.8 Å². The van der Waals surface area contributed by atoms with Crippen molar-refractivity contribution in [2.24, 2.45) is 0 Å². The summed E-state index contributed by atoms with van der Waals surface area (Å²) in [5, 5.41) is 0. The number of halogens is 2. The second kappa shape index (κ2) is 2.97. The molecule has 0 saturated heterocycles. The van der Waals surface area contributed by atoms with Crippen LogP contribution in [0.4, 0.5) is 14.5 Å². The number of methoxy groups -OCH3 is 1. The maximum absolute atomic E-state index is 13.1. The summed E-state index contributed by atoms with van der Waals surface area (Å²) in [4.78, 5) is 0. The summed E-state index contributed by atoms with van der Waals surface area (Å²) in [6, 6.07) is 1.04. The number of nitrogens with two attached hydrogens (primary N) is 1. The summed E-state index contributed by atoms with van der Waals surface area (Å²) >= 11 is 0. The second-order valence-electron chi connectivity index (χ2n) is 2.42. The van der Waals surface area contributed by atoms with Gasteiger partial charge in [0.15, 0.2) is 17.4 Å². The first kappa shape index (κ1) is 8.77. The van der Waals surface area contributed by atoms with E-state index in [4.69, 9.17) is 5.73 Å². The molecule has 0 unspecified atom stereocenters. The van der Waals surface area contributed by atoms with Crippen LogP contribution in [0.25, 0.3) is 0 Å². The fourth-order valence-electron chi connectivity index (χ4n) is 0.899. The van der Waals surface area contributed by atoms with Gasteiger partial charge in [-0.05, 0) is 6.92 Å². The fourth-order valence-corrected chi connectivity index (χ4v) is 0.899. The molecular formula is C8H9F2NO. The molecule has 1 aromatic rings. The van der Waals surface area contributed by atoms with Gasteiger partial charge in [0.2, 0.25) is 0 Å². The van der Waals surface area contributed by atoms with E-state index in [1.165, 1.54) is 14.0 Å². The van der Waals surface area contributed by atoms with E-state index in [1.54, 1.807) is 0 Å². The Kier molecular flexibility index (Phi) is 2.17. The van der Waals surface area contributed by atoms with Crippen LogP contribution in [0.1, 0.15) is 5.56 Å². The predicted octanol–water partition coefficient (Wildman–Crippen LogP) is 1.86. The van der Waals surface area contributed by atoms with E-state index < -0.39 is 11.6 Å². The van der Waals surface area contributed by atoms with Crippen molar-refractivity contribution in [1.29, 1.82) is 0 Å². The Hall–Kier alpha value is -1.32. The van der Waals surface area contributed by atoms with Crippen LogP contribution >= 0.6 is 0 Å². The summed E-state index contributed by atoms with van der Waals surface area (Å²) in [6.07, 6.45) is 0. The van der Waals surface area contributed by atoms with Crippen LogP contribution in [0.5, 0.6) is 5.75 Å². The van der Waals surface area contributed by atoms with E-state index in [-0.39, 0.29) is 17.0 Å². The van der Waals surface area contributed by atoms with Crippen molar-refractivity contribution in [3.63, 3.8) is 0 Å². The van der Waals surface area contributed by atoms with Gasteiger partial charge in [-0.25, -0.2) is 8.78 Å². The highest BCUT2D eigenvalue weighted by atomic mass is 19.1. The molecule has 0 spiro atoms. The minimum Gasteiger partial charge on any atom is -0.491 e. The minimum atomic E-state index is -0.780. The van der Waals surface area contributed by atoms with Crippen LogP contribution in [0, 0.1) is 18.6 Å². The van der Waals surface area contributed by atoms with Crippen LogP contribution in [0.15, 0.2) is 6.07 Å². The van der Waals surface area contributed by atoms with Gasteiger partial charge in [0.05, 0.1) is 7.11 Å². The molecule has 0 saturated carbocycles. The normalized spacial score (nSPS) is 10.0. The number of hydrogen-bond acceptors (Lipinski definition) is 2. The third-order valence-electron chi connectivity index (χ3n) is 1.66. The van der Waals surface area contributed by atoms with Crippen molar-refractivity contribution in [3.05, 3.63) is 23.3 Å². The molecule has 12 heavy (non-hydrogen) atoms. The lowest BCUT2D eigenvalue weighted by Crippen LogP contribution is -1.99. The highest BCUT2D eigenvalue weighted by molar-refractivity contribution is 5.51. The van der Waals surface area contributed by atoms with Crippen LogP contribution in [0.3, 0.4) is 0 Å². The monoisotopic (exact) mass is 173 g/mol. The van der Waals surface area contributed by atoms with E-state index in [0.717, 1.165) is 6.07 Å². The standard InChI is InChI=1S/C8H9F2NO/c1-4-6(11)3-5(9)8(12-2)7(4)10/h3H,11H2,1-2H3. The first-order valence-electron chi connectivity index (χ1n) is 3.36. The van der Waals surface area contributed by atoms with E-state index in [9.17, 15) is 8.78 Å². The molecule has 2 N–H and O–H groups in total. The lowest BCUT2D eigenvalue weighted by molar-refractivity contribution is 0.359. The first-order chi connectivity index (χ1) is 5.57. The van der Waals surface area contributed by atoms with Gasteiger partial charge in [-0.3, -0.25) is 0 Å². The molecule has 0 amide bonds. The van der Waals surface area contributed by atoms with Gasteiger partial charge in [-0.2, -0.15) is 0 Å². The van der Waals surface area contributed by atoms with E-state index in [1.807, 2.05) is 0 Å². The Morgan fingerprint density at radius 2 is 2.00 bits per heavy atom. The number of ether oxygens (including phenoxy) is 1. The second-order valence-corrected chi connectivity index (χ2v) is 2.42. The molecule has 0 bridgehead atoms. The lowest BCUT2D eigenvalue weighted by Gasteiger charge is -2.07. The molecular weight excluding hydrogens is 164 g/mol. The summed E-state index contributed by atoms with van der Waals surface area (Å²) in [5.74, 6) is -1.91. The molecule has 2 nitrogen and oxygen atoms in total. The largest absolute Gasteiger partial charge is 0.491 e. The van der Waals surface area contributed by atoms with Gasteiger partial charge in [0.1, 0.15) is 0 Å². The molecule has 0 atom stereocenters. The van der Waals surface area contributed by atoms with Gasteiger partial charge in [0, 0.05) is 17.3 Å². The Morgan fingerprint density at radius 1 is 1.42 bits per heavy atom. The van der Waals surface area contributed by atoms with Gasteiger partial charge in [-0.1, -0.05) is 0 Å². The quantitative estimate of drug-likeness (QED) is 0.658. The third-order valence-corrected chi connectivity index (χ3v) is 1.66. The van der Waals surface area contributed by atoms with Gasteiger partial charge >= 0.3 is 0 Å². The molecule has 1 rings (SSSR count). The Labute approximate surface area is 68.9 Å². The average molecular weight is 173 g/mol. The zero-order valence-corrected chi connectivity index (χ0v) is 6.82. The van der Waals surface area contributed by atoms with E-state index >= 15 is 0 Å². The molecule has 1 aromatic carbocycles.